The van der Waals surface area contributed by atoms with Crippen molar-refractivity contribution in [2.45, 2.75) is 38.0 Å². The fourth-order valence-electron chi connectivity index (χ4n) is 7.11. The predicted molar refractivity (Wildman–Crippen MR) is 137 cm³/mol. The summed E-state index contributed by atoms with van der Waals surface area (Å²) in [5.41, 5.74) is 1.69. The van der Waals surface area contributed by atoms with Crippen molar-refractivity contribution in [2.24, 2.45) is 29.6 Å². The van der Waals surface area contributed by atoms with Gasteiger partial charge < -0.3 is 15.3 Å². The van der Waals surface area contributed by atoms with Crippen LogP contribution >= 0.6 is 0 Å². The summed E-state index contributed by atoms with van der Waals surface area (Å²) < 4.78 is 0. The van der Waals surface area contributed by atoms with Gasteiger partial charge in [0, 0.05) is 24.6 Å². The van der Waals surface area contributed by atoms with Crippen LogP contribution in [0.25, 0.3) is 0 Å². The number of hydrogen-bond donors (Lipinski definition) is 3. The highest BCUT2D eigenvalue weighted by Gasteiger charge is 2.62. The van der Waals surface area contributed by atoms with Gasteiger partial charge in [0.2, 0.25) is 23.6 Å². The molecule has 4 aliphatic rings. The Morgan fingerprint density at radius 2 is 1.48 bits per heavy atom. The van der Waals surface area contributed by atoms with E-state index in [0.717, 1.165) is 9.80 Å². The lowest BCUT2D eigenvalue weighted by Crippen LogP contribution is -2.43. The fourth-order valence-corrected chi connectivity index (χ4v) is 7.11. The zero-order valence-corrected chi connectivity index (χ0v) is 21.7. The minimum atomic E-state index is -1.16. The van der Waals surface area contributed by atoms with Crippen LogP contribution in [-0.2, 0) is 35.2 Å². The highest BCUT2D eigenvalue weighted by Crippen LogP contribution is 2.59. The summed E-state index contributed by atoms with van der Waals surface area (Å²) in [7, 11) is 0. The van der Waals surface area contributed by atoms with Crippen molar-refractivity contribution < 1.29 is 44.1 Å². The highest BCUT2D eigenvalue weighted by atomic mass is 16.4. The van der Waals surface area contributed by atoms with Gasteiger partial charge in [0.05, 0.1) is 36.5 Å². The first-order valence-electron chi connectivity index (χ1n) is 13.3. The van der Waals surface area contributed by atoms with E-state index in [1.54, 1.807) is 24.3 Å². The molecule has 2 saturated heterocycles. The summed E-state index contributed by atoms with van der Waals surface area (Å²) in [6.07, 6.45) is 3.33. The Labute approximate surface area is 229 Å². The van der Waals surface area contributed by atoms with E-state index in [4.69, 9.17) is 5.11 Å². The van der Waals surface area contributed by atoms with Gasteiger partial charge in [-0.1, -0.05) is 35.9 Å². The van der Waals surface area contributed by atoms with Crippen molar-refractivity contribution in [3.63, 3.8) is 0 Å². The number of para-hydroxylation sites is 1. The second-order valence-corrected chi connectivity index (χ2v) is 10.8. The van der Waals surface area contributed by atoms with Gasteiger partial charge in [-0.25, -0.2) is 0 Å². The van der Waals surface area contributed by atoms with Crippen molar-refractivity contribution in [3.05, 3.63) is 53.6 Å². The third-order valence-electron chi connectivity index (χ3n) is 8.78. The number of amides is 4. The lowest BCUT2D eigenvalue weighted by Gasteiger charge is -2.44. The van der Waals surface area contributed by atoms with Gasteiger partial charge in [-0.05, 0) is 30.7 Å². The lowest BCUT2D eigenvalue weighted by molar-refractivity contribution is -0.145. The van der Waals surface area contributed by atoms with Gasteiger partial charge in [-0.15, -0.1) is 6.58 Å². The molecule has 6 atom stereocenters. The van der Waals surface area contributed by atoms with Crippen LogP contribution in [0.2, 0.25) is 0 Å². The normalized spacial score (nSPS) is 29.1. The zero-order chi connectivity index (χ0) is 28.9. The van der Waals surface area contributed by atoms with Crippen LogP contribution in [0.4, 0.5) is 0 Å². The molecule has 11 nitrogen and oxygen atoms in total. The van der Waals surface area contributed by atoms with E-state index in [1.165, 1.54) is 0 Å². The summed E-state index contributed by atoms with van der Waals surface area (Å²) in [5.74, 6) is -8.97. The molecule has 1 aromatic carbocycles. The third kappa shape index (κ3) is 4.29. The minimum absolute atomic E-state index is 0.0454. The van der Waals surface area contributed by atoms with Crippen LogP contribution in [0.15, 0.2) is 42.5 Å². The first-order valence-corrected chi connectivity index (χ1v) is 13.3. The monoisotopic (exact) mass is 550 g/mol. The van der Waals surface area contributed by atoms with E-state index in [0.29, 0.717) is 23.1 Å². The number of imide groups is 2. The van der Waals surface area contributed by atoms with Crippen molar-refractivity contribution in [2.75, 3.05) is 13.1 Å². The molecule has 2 heterocycles. The SMILES string of the molecule is C=CCc1cccc(C2C3=CCC4C(=O)N(CCC(=O)O)C(=O)C4C3CC3C(=O)N(CCC(=O)O)C(=O)C32)c1O. The number of likely N-dealkylation sites (tertiary alicyclic amines) is 2. The number of carboxylic acid groups (broad SMARTS) is 2. The van der Waals surface area contributed by atoms with Crippen LogP contribution in [0.3, 0.4) is 0 Å². The number of hydrogen-bond acceptors (Lipinski definition) is 7. The van der Waals surface area contributed by atoms with E-state index < -0.39 is 77.5 Å². The number of nitrogens with zero attached hydrogens (tertiary/aromatic N) is 2. The first kappa shape index (κ1) is 27.3. The fraction of sp³-hybridized carbons (Fsp3) is 0.448. The van der Waals surface area contributed by atoms with Crippen molar-refractivity contribution >= 4 is 35.6 Å². The largest absolute Gasteiger partial charge is 0.507 e. The Balaban J connectivity index is 1.59. The van der Waals surface area contributed by atoms with Gasteiger partial charge in [-0.3, -0.25) is 38.6 Å². The summed E-state index contributed by atoms with van der Waals surface area (Å²) in [5, 5.41) is 29.5. The molecule has 4 amide bonds. The maximum atomic E-state index is 13.7. The number of phenols is 1. The smallest absolute Gasteiger partial charge is 0.305 e. The van der Waals surface area contributed by atoms with E-state index in [2.05, 4.69) is 6.58 Å². The number of aromatic hydroxyl groups is 1. The number of carbonyl (C=O) groups excluding carboxylic acids is 4. The molecule has 0 spiro atoms. The molecule has 0 bridgehead atoms. The Kier molecular flexibility index (Phi) is 7.07. The molecule has 0 aromatic heterocycles. The lowest BCUT2D eigenvalue weighted by atomic mass is 9.57. The summed E-state index contributed by atoms with van der Waals surface area (Å²) in [4.78, 5) is 78.2. The molecule has 0 radical (unpaired) electrons. The molecule has 6 unspecified atom stereocenters. The number of fused-ring (bicyclic) bond motifs is 4. The number of benzene rings is 1. The van der Waals surface area contributed by atoms with Gasteiger partial charge in [0.15, 0.2) is 0 Å². The molecule has 2 aliphatic carbocycles. The highest BCUT2D eigenvalue weighted by molar-refractivity contribution is 6.08. The quantitative estimate of drug-likeness (QED) is 0.306. The minimum Gasteiger partial charge on any atom is -0.507 e. The molecule has 210 valence electrons. The molecule has 40 heavy (non-hydrogen) atoms. The van der Waals surface area contributed by atoms with Gasteiger partial charge in [-0.2, -0.15) is 0 Å². The predicted octanol–water partition coefficient (Wildman–Crippen LogP) is 1.71. The van der Waals surface area contributed by atoms with Crippen LogP contribution in [0.5, 0.6) is 5.75 Å². The molecule has 1 saturated carbocycles. The maximum absolute atomic E-state index is 13.7. The zero-order valence-electron chi connectivity index (χ0n) is 21.7. The Morgan fingerprint density at radius 1 is 0.875 bits per heavy atom. The number of carbonyl (C=O) groups is 6. The molecule has 5 rings (SSSR count). The number of aliphatic carboxylic acids is 2. The van der Waals surface area contributed by atoms with Gasteiger partial charge >= 0.3 is 11.9 Å². The second kappa shape index (κ2) is 10.4. The van der Waals surface area contributed by atoms with Crippen LogP contribution in [0.1, 0.15) is 42.7 Å². The van der Waals surface area contributed by atoms with Gasteiger partial charge in [0.1, 0.15) is 5.75 Å². The van der Waals surface area contributed by atoms with Gasteiger partial charge in [0.25, 0.3) is 0 Å². The van der Waals surface area contributed by atoms with Crippen molar-refractivity contribution in [1.82, 2.24) is 9.80 Å². The third-order valence-corrected chi connectivity index (χ3v) is 8.78. The summed E-state index contributed by atoms with van der Waals surface area (Å²) >= 11 is 0. The maximum Gasteiger partial charge on any atom is 0.305 e. The second-order valence-electron chi connectivity index (χ2n) is 10.8. The van der Waals surface area contributed by atoms with Crippen LogP contribution in [0, 0.1) is 29.6 Å². The standard InChI is InChI=1S/C29H30N2O9/c1-2-4-14-5-3-6-16(25(14)36)22-15-7-8-17-23(28(39)30(26(17)37)11-9-20(32)33)18(15)13-19-24(22)29(40)31(27(19)38)12-10-21(34)35/h2-3,5-7,17-19,22-24,36H,1,4,8-13H2,(H,32,33)(H,34,35). The Morgan fingerprint density at radius 3 is 2.08 bits per heavy atom. The summed E-state index contributed by atoms with van der Waals surface area (Å²) in [6.45, 7) is 3.19. The topological polar surface area (TPSA) is 170 Å². The Bertz CT molecular complexity index is 1360. The number of carboxylic acids is 2. The molecule has 11 heteroatoms. The number of phenolic OH excluding ortho intramolecular Hbond substituents is 1. The van der Waals surface area contributed by atoms with E-state index in [-0.39, 0.29) is 38.1 Å². The summed E-state index contributed by atoms with van der Waals surface area (Å²) in [6, 6.07) is 5.14. The van der Waals surface area contributed by atoms with Crippen LogP contribution < -0.4 is 0 Å². The molecule has 1 aromatic rings. The molecular formula is C29H30N2O9. The van der Waals surface area contributed by atoms with E-state index in [9.17, 15) is 39.0 Å². The van der Waals surface area contributed by atoms with Crippen molar-refractivity contribution in [3.8, 4) is 5.75 Å². The average Bonchev–Trinajstić information content (AvgIpc) is 3.30. The molecule has 3 N–H and O–H groups in total. The molecule has 2 aliphatic heterocycles. The Hall–Kier alpha value is -4.28. The van der Waals surface area contributed by atoms with E-state index in [1.807, 2.05) is 6.08 Å². The number of allylic oxidation sites excluding steroid dienone is 3. The molecule has 3 fully saturated rings. The van der Waals surface area contributed by atoms with Crippen LogP contribution in [-0.4, -0.2) is 73.8 Å². The van der Waals surface area contributed by atoms with Crippen molar-refractivity contribution in [1.29, 1.82) is 0 Å². The van der Waals surface area contributed by atoms with E-state index >= 15 is 0 Å². The number of rotatable bonds is 9. The molecular weight excluding hydrogens is 520 g/mol. The average molecular weight is 551 g/mol. The first-order chi connectivity index (χ1) is 19.1.